The van der Waals surface area contributed by atoms with Gasteiger partial charge < -0.3 is 14.6 Å². The van der Waals surface area contributed by atoms with Gasteiger partial charge in [-0.1, -0.05) is 65.3 Å². The molecule has 0 unspecified atom stereocenters. The summed E-state index contributed by atoms with van der Waals surface area (Å²) in [6.07, 6.45) is 1.60. The van der Waals surface area contributed by atoms with E-state index in [9.17, 15) is 14.7 Å². The molecule has 3 aromatic rings. The molecular weight excluding hydrogens is 672 g/mol. The van der Waals surface area contributed by atoms with E-state index in [4.69, 9.17) is 32.7 Å². The highest BCUT2D eigenvalue weighted by Crippen LogP contribution is 2.41. The molecule has 0 bridgehead atoms. The fourth-order valence-electron chi connectivity index (χ4n) is 3.65. The van der Waals surface area contributed by atoms with Crippen LogP contribution < -0.4 is 4.74 Å². The molecule has 0 atom stereocenters. The van der Waals surface area contributed by atoms with Gasteiger partial charge in [0.25, 0.3) is 5.91 Å². The zero-order valence-corrected chi connectivity index (χ0v) is 25.3. The average Bonchev–Trinajstić information content (AvgIpc) is 3.19. The fraction of sp³-hybridized carbons (Fsp3) is 0.138. The van der Waals surface area contributed by atoms with Gasteiger partial charge in [-0.05, 0) is 89.5 Å². The first kappa shape index (κ1) is 29.2. The molecular formula is C29H22Cl2INO5S. The third-order valence-corrected chi connectivity index (χ3v) is 7.86. The number of aliphatic hydroxyl groups is 1. The number of amides is 1. The fourth-order valence-corrected chi connectivity index (χ4v) is 5.63. The van der Waals surface area contributed by atoms with Crippen molar-refractivity contribution in [1.82, 2.24) is 0 Å². The van der Waals surface area contributed by atoms with Crippen molar-refractivity contribution in [3.8, 4) is 5.75 Å². The number of hydrogen-bond donors (Lipinski definition) is 1. The lowest BCUT2D eigenvalue weighted by Crippen LogP contribution is -2.14. The Balaban J connectivity index is 1.63. The summed E-state index contributed by atoms with van der Waals surface area (Å²) in [5.41, 5.74) is 2.47. The van der Waals surface area contributed by atoms with Crippen molar-refractivity contribution in [1.29, 1.82) is 0 Å². The van der Waals surface area contributed by atoms with E-state index in [2.05, 4.69) is 27.6 Å². The normalized spacial score (nSPS) is 15.2. The van der Waals surface area contributed by atoms with Crippen LogP contribution in [0.5, 0.6) is 5.75 Å². The van der Waals surface area contributed by atoms with Crippen molar-refractivity contribution in [3.05, 3.63) is 113 Å². The molecule has 0 aromatic heterocycles. The van der Waals surface area contributed by atoms with Crippen LogP contribution in [0.1, 0.15) is 34.0 Å². The SMILES string of the molecule is CCOC(=O)C1=C(O)/C(=C/c2cc(Cl)c(OCc3ccc(I)cc3)c(Cl)c2)SC1=NC(=O)c1ccccc1C. The summed E-state index contributed by atoms with van der Waals surface area (Å²) in [6.45, 7) is 3.82. The third kappa shape index (κ3) is 7.05. The summed E-state index contributed by atoms with van der Waals surface area (Å²) >= 11 is 16.2. The van der Waals surface area contributed by atoms with Crippen LogP contribution in [0.25, 0.3) is 6.08 Å². The molecule has 1 aliphatic rings. The van der Waals surface area contributed by atoms with E-state index in [1.807, 2.05) is 30.3 Å². The first-order chi connectivity index (χ1) is 18.7. The van der Waals surface area contributed by atoms with E-state index in [1.165, 1.54) is 0 Å². The van der Waals surface area contributed by atoms with E-state index < -0.39 is 11.9 Å². The van der Waals surface area contributed by atoms with Gasteiger partial charge in [0.2, 0.25) is 0 Å². The monoisotopic (exact) mass is 693 g/mol. The first-order valence-corrected chi connectivity index (χ1v) is 14.4. The van der Waals surface area contributed by atoms with Crippen LogP contribution >= 0.6 is 57.6 Å². The number of benzene rings is 3. The minimum absolute atomic E-state index is 0.0418. The predicted octanol–water partition coefficient (Wildman–Crippen LogP) is 8.19. The van der Waals surface area contributed by atoms with E-state index in [0.717, 1.165) is 26.5 Å². The molecule has 3 aromatic carbocycles. The largest absolute Gasteiger partial charge is 0.506 e. The molecule has 4 rings (SSSR count). The molecule has 0 aliphatic carbocycles. The molecule has 1 N–H and O–H groups in total. The Hall–Kier alpha value is -2.79. The Labute approximate surface area is 253 Å². The third-order valence-electron chi connectivity index (χ3n) is 5.56. The van der Waals surface area contributed by atoms with E-state index in [-0.39, 0.29) is 44.5 Å². The van der Waals surface area contributed by atoms with E-state index >= 15 is 0 Å². The van der Waals surface area contributed by atoms with Gasteiger partial charge in [-0.2, -0.15) is 0 Å². The Morgan fingerprint density at radius 1 is 1.08 bits per heavy atom. The van der Waals surface area contributed by atoms with Crippen LogP contribution in [0.4, 0.5) is 0 Å². The number of rotatable bonds is 7. The summed E-state index contributed by atoms with van der Waals surface area (Å²) in [5, 5.41) is 11.5. The zero-order valence-electron chi connectivity index (χ0n) is 20.8. The number of hydrogen-bond acceptors (Lipinski definition) is 6. The van der Waals surface area contributed by atoms with Crippen LogP contribution in [0.15, 0.2) is 81.9 Å². The smallest absolute Gasteiger partial charge is 0.344 e. The van der Waals surface area contributed by atoms with Crippen molar-refractivity contribution in [2.45, 2.75) is 20.5 Å². The second-order valence-electron chi connectivity index (χ2n) is 8.32. The molecule has 0 saturated heterocycles. The lowest BCUT2D eigenvalue weighted by atomic mass is 10.1. The van der Waals surface area contributed by atoms with Crippen molar-refractivity contribution < 1.29 is 24.2 Å². The summed E-state index contributed by atoms with van der Waals surface area (Å²) in [5.74, 6) is -1.33. The van der Waals surface area contributed by atoms with Gasteiger partial charge in [0.05, 0.1) is 21.6 Å². The number of ether oxygens (including phenoxy) is 2. The average molecular weight is 694 g/mol. The Kier molecular flexibility index (Phi) is 9.76. The minimum atomic E-state index is -0.780. The Morgan fingerprint density at radius 2 is 1.74 bits per heavy atom. The Morgan fingerprint density at radius 3 is 2.38 bits per heavy atom. The van der Waals surface area contributed by atoms with Gasteiger partial charge in [-0.3, -0.25) is 4.79 Å². The molecule has 39 heavy (non-hydrogen) atoms. The molecule has 6 nitrogen and oxygen atoms in total. The van der Waals surface area contributed by atoms with Gasteiger partial charge in [-0.15, -0.1) is 0 Å². The quantitative estimate of drug-likeness (QED) is 0.199. The number of carbonyl (C=O) groups is 2. The van der Waals surface area contributed by atoms with E-state index in [1.54, 1.807) is 50.3 Å². The van der Waals surface area contributed by atoms with Crippen LogP contribution in [-0.2, 0) is 16.1 Å². The second-order valence-corrected chi connectivity index (χ2v) is 11.4. The highest BCUT2D eigenvalue weighted by Gasteiger charge is 2.34. The van der Waals surface area contributed by atoms with Gasteiger partial charge in [0.1, 0.15) is 23.0 Å². The van der Waals surface area contributed by atoms with E-state index in [0.29, 0.717) is 16.9 Å². The second kappa shape index (κ2) is 13.0. The maximum absolute atomic E-state index is 12.9. The highest BCUT2D eigenvalue weighted by atomic mass is 127. The van der Waals surface area contributed by atoms with Gasteiger partial charge >= 0.3 is 5.97 Å². The van der Waals surface area contributed by atoms with Crippen LogP contribution in [-0.4, -0.2) is 28.6 Å². The summed E-state index contributed by atoms with van der Waals surface area (Å²) in [7, 11) is 0. The molecule has 0 fully saturated rings. The van der Waals surface area contributed by atoms with Crippen molar-refractivity contribution >= 4 is 80.6 Å². The number of thioether (sulfide) groups is 1. The maximum atomic E-state index is 12.9. The molecule has 0 saturated carbocycles. The topological polar surface area (TPSA) is 85.2 Å². The maximum Gasteiger partial charge on any atom is 0.344 e. The number of carbonyl (C=O) groups excluding carboxylic acids is 2. The zero-order chi connectivity index (χ0) is 28.1. The lowest BCUT2D eigenvalue weighted by Gasteiger charge is -2.11. The van der Waals surface area contributed by atoms with Gasteiger partial charge in [0, 0.05) is 9.13 Å². The number of nitrogens with zero attached hydrogens (tertiary/aromatic N) is 1. The predicted molar refractivity (Wildman–Crippen MR) is 165 cm³/mol. The minimum Gasteiger partial charge on any atom is -0.506 e. The summed E-state index contributed by atoms with van der Waals surface area (Å²) < 4.78 is 12.1. The van der Waals surface area contributed by atoms with Gasteiger partial charge in [0.15, 0.2) is 5.75 Å². The number of aryl methyl sites for hydroxylation is 1. The molecule has 0 spiro atoms. The molecule has 0 radical (unpaired) electrons. The van der Waals surface area contributed by atoms with Gasteiger partial charge in [-0.25, -0.2) is 9.79 Å². The van der Waals surface area contributed by atoms with Crippen molar-refractivity contribution in [3.63, 3.8) is 0 Å². The van der Waals surface area contributed by atoms with Crippen molar-refractivity contribution in [2.75, 3.05) is 6.61 Å². The van der Waals surface area contributed by atoms with Crippen LogP contribution in [0.2, 0.25) is 10.0 Å². The molecule has 1 amide bonds. The summed E-state index contributed by atoms with van der Waals surface area (Å²) in [4.78, 5) is 30.0. The molecule has 1 heterocycles. The standard InChI is InChI=1S/C29H22Cl2INO5S/c1-3-37-29(36)24-25(34)23(39-28(24)33-27(35)20-7-5-4-6-16(20)2)14-18-12-21(30)26(22(31)13-18)38-15-17-8-10-19(32)11-9-17/h4-14,34H,3,15H2,1-2H3/b23-14-,33-28?. The number of esters is 1. The molecule has 200 valence electrons. The Bertz CT molecular complexity index is 1510. The van der Waals surface area contributed by atoms with Crippen LogP contribution in [0, 0.1) is 10.5 Å². The summed E-state index contributed by atoms with van der Waals surface area (Å²) in [6, 6.07) is 18.1. The van der Waals surface area contributed by atoms with Crippen molar-refractivity contribution in [2.24, 2.45) is 4.99 Å². The number of aliphatic hydroxyl groups excluding tert-OH is 1. The molecule has 1 aliphatic heterocycles. The number of halogens is 3. The highest BCUT2D eigenvalue weighted by molar-refractivity contribution is 14.1. The lowest BCUT2D eigenvalue weighted by molar-refractivity contribution is -0.138. The number of aliphatic imine (C=N–C) groups is 1. The van der Waals surface area contributed by atoms with Crippen LogP contribution in [0.3, 0.4) is 0 Å². The molecule has 10 heteroatoms. The first-order valence-electron chi connectivity index (χ1n) is 11.7.